The molecule has 0 aliphatic heterocycles. The van der Waals surface area contributed by atoms with Crippen LogP contribution in [0.3, 0.4) is 0 Å². The number of nitrogens with one attached hydrogen (secondary N) is 1. The van der Waals surface area contributed by atoms with E-state index in [0.717, 1.165) is 21.2 Å². The molecule has 0 aliphatic rings. The molecule has 0 amide bonds. The van der Waals surface area contributed by atoms with Gasteiger partial charge in [0.1, 0.15) is 12.4 Å². The van der Waals surface area contributed by atoms with Gasteiger partial charge in [-0.25, -0.2) is 0 Å². The monoisotopic (exact) mass is 361 g/mol. The fraction of sp³-hybridized carbons (Fsp3) is 0.385. The number of rotatable bonds is 6. The molecule has 0 radical (unpaired) electrons. The quantitative estimate of drug-likeness (QED) is 0.763. The van der Waals surface area contributed by atoms with Crippen molar-refractivity contribution in [1.82, 2.24) is 5.32 Å². The van der Waals surface area contributed by atoms with Crippen molar-refractivity contribution >= 4 is 31.9 Å². The molecule has 1 rings (SSSR count). The van der Waals surface area contributed by atoms with E-state index in [9.17, 15) is 0 Å². The van der Waals surface area contributed by atoms with Crippen LogP contribution in [0, 0.1) is 0 Å². The maximum absolute atomic E-state index is 5.57. The average molecular weight is 363 g/mol. The maximum Gasteiger partial charge on any atom is 0.148 e. The van der Waals surface area contributed by atoms with Gasteiger partial charge in [-0.1, -0.05) is 26.5 Å². The minimum Gasteiger partial charge on any atom is -0.487 e. The average Bonchev–Trinajstić information content (AvgIpc) is 2.25. The molecule has 0 fully saturated rings. The molecule has 0 saturated carbocycles. The van der Waals surface area contributed by atoms with E-state index in [1.165, 1.54) is 5.56 Å². The van der Waals surface area contributed by atoms with Gasteiger partial charge in [-0.3, -0.25) is 0 Å². The van der Waals surface area contributed by atoms with Crippen molar-refractivity contribution < 1.29 is 4.74 Å². The Labute approximate surface area is 120 Å². The molecule has 0 aliphatic carbocycles. The van der Waals surface area contributed by atoms with E-state index in [2.05, 4.69) is 69.7 Å². The Bertz CT molecular complexity index is 368. The van der Waals surface area contributed by atoms with Crippen LogP contribution in [0.1, 0.15) is 19.4 Å². The number of hydrogen-bond donors (Lipinski definition) is 1. The zero-order valence-electron chi connectivity index (χ0n) is 10.1. The Hall–Kier alpha value is -0.320. The Morgan fingerprint density at radius 1 is 1.35 bits per heavy atom. The smallest absolute Gasteiger partial charge is 0.148 e. The zero-order valence-corrected chi connectivity index (χ0v) is 13.3. The Morgan fingerprint density at radius 3 is 2.41 bits per heavy atom. The van der Waals surface area contributed by atoms with Crippen LogP contribution in [0.4, 0.5) is 0 Å². The summed E-state index contributed by atoms with van der Waals surface area (Å²) in [6, 6.07) is 4.61. The molecule has 0 atom stereocenters. The summed E-state index contributed by atoms with van der Waals surface area (Å²) in [6.45, 7) is 9.24. The molecule has 0 aromatic heterocycles. The van der Waals surface area contributed by atoms with Gasteiger partial charge in [0.25, 0.3) is 0 Å². The molecule has 0 heterocycles. The Morgan fingerprint density at radius 2 is 1.94 bits per heavy atom. The lowest BCUT2D eigenvalue weighted by molar-refractivity contribution is 0.358. The van der Waals surface area contributed by atoms with Gasteiger partial charge in [0.15, 0.2) is 0 Å². The van der Waals surface area contributed by atoms with E-state index in [0.29, 0.717) is 12.6 Å². The van der Waals surface area contributed by atoms with Crippen molar-refractivity contribution in [3.63, 3.8) is 0 Å². The van der Waals surface area contributed by atoms with Gasteiger partial charge in [0.05, 0.1) is 8.95 Å². The fourth-order valence-electron chi connectivity index (χ4n) is 1.32. The van der Waals surface area contributed by atoms with Crippen molar-refractivity contribution in [2.75, 3.05) is 6.61 Å². The third kappa shape index (κ3) is 4.82. The fourth-order valence-corrected chi connectivity index (χ4v) is 2.83. The van der Waals surface area contributed by atoms with Crippen molar-refractivity contribution in [2.24, 2.45) is 0 Å². The third-order valence-corrected chi connectivity index (χ3v) is 3.30. The SMILES string of the molecule is C=CCOc1c(Br)cc(CNC(C)C)cc1Br. The van der Waals surface area contributed by atoms with Gasteiger partial charge in [0.2, 0.25) is 0 Å². The van der Waals surface area contributed by atoms with Crippen molar-refractivity contribution in [2.45, 2.75) is 26.4 Å². The molecular formula is C13H17Br2NO. The summed E-state index contributed by atoms with van der Waals surface area (Å²) in [5.41, 5.74) is 1.21. The highest BCUT2D eigenvalue weighted by molar-refractivity contribution is 9.11. The minimum atomic E-state index is 0.476. The summed E-state index contributed by atoms with van der Waals surface area (Å²) < 4.78 is 7.47. The lowest BCUT2D eigenvalue weighted by Gasteiger charge is -2.12. The van der Waals surface area contributed by atoms with Gasteiger partial charge >= 0.3 is 0 Å². The summed E-state index contributed by atoms with van der Waals surface area (Å²) in [4.78, 5) is 0. The molecule has 0 unspecified atom stereocenters. The summed E-state index contributed by atoms with van der Waals surface area (Å²) in [6.07, 6.45) is 1.73. The standard InChI is InChI=1S/C13H17Br2NO/c1-4-5-17-13-11(14)6-10(7-12(13)15)8-16-9(2)3/h4,6-7,9,16H,1,5,8H2,2-3H3. The minimum absolute atomic E-state index is 0.476. The third-order valence-electron chi connectivity index (χ3n) is 2.12. The van der Waals surface area contributed by atoms with E-state index in [1.807, 2.05) is 0 Å². The van der Waals surface area contributed by atoms with Crippen LogP contribution in [-0.2, 0) is 6.54 Å². The van der Waals surface area contributed by atoms with Gasteiger partial charge in [0, 0.05) is 12.6 Å². The van der Waals surface area contributed by atoms with Crippen LogP contribution >= 0.6 is 31.9 Å². The summed E-state index contributed by atoms with van der Waals surface area (Å²) in [5.74, 6) is 0.818. The van der Waals surface area contributed by atoms with Gasteiger partial charge in [-0.15, -0.1) is 0 Å². The van der Waals surface area contributed by atoms with E-state index >= 15 is 0 Å². The highest BCUT2D eigenvalue weighted by atomic mass is 79.9. The molecule has 2 nitrogen and oxygen atoms in total. The molecule has 94 valence electrons. The van der Waals surface area contributed by atoms with Gasteiger partial charge in [-0.2, -0.15) is 0 Å². The molecule has 0 saturated heterocycles. The number of halogens is 2. The second-order valence-electron chi connectivity index (χ2n) is 4.02. The lowest BCUT2D eigenvalue weighted by Crippen LogP contribution is -2.21. The molecule has 17 heavy (non-hydrogen) atoms. The highest BCUT2D eigenvalue weighted by Gasteiger charge is 2.08. The molecule has 0 bridgehead atoms. The first-order valence-corrected chi connectivity index (χ1v) is 7.08. The van der Waals surface area contributed by atoms with Crippen LogP contribution in [-0.4, -0.2) is 12.6 Å². The Kier molecular flexibility index (Phi) is 6.23. The molecule has 1 aromatic rings. The number of hydrogen-bond acceptors (Lipinski definition) is 2. The Balaban J connectivity index is 2.81. The van der Waals surface area contributed by atoms with Gasteiger partial charge < -0.3 is 10.1 Å². The first-order chi connectivity index (χ1) is 8.04. The number of ether oxygens (including phenoxy) is 1. The zero-order chi connectivity index (χ0) is 12.8. The lowest BCUT2D eigenvalue weighted by atomic mass is 10.2. The highest BCUT2D eigenvalue weighted by Crippen LogP contribution is 2.34. The predicted octanol–water partition coefficient (Wildman–Crippen LogP) is 4.27. The molecule has 4 heteroatoms. The first-order valence-electron chi connectivity index (χ1n) is 5.49. The normalized spacial score (nSPS) is 10.6. The summed E-state index contributed by atoms with van der Waals surface area (Å²) >= 11 is 7.04. The second kappa shape index (κ2) is 7.19. The first kappa shape index (κ1) is 14.7. The topological polar surface area (TPSA) is 21.3 Å². The molecule has 1 aromatic carbocycles. The molecule has 0 spiro atoms. The molecule has 1 N–H and O–H groups in total. The van der Waals surface area contributed by atoms with E-state index in [1.54, 1.807) is 6.08 Å². The van der Waals surface area contributed by atoms with Crippen LogP contribution in [0.25, 0.3) is 0 Å². The largest absolute Gasteiger partial charge is 0.487 e. The molecular weight excluding hydrogens is 346 g/mol. The van der Waals surface area contributed by atoms with Gasteiger partial charge in [-0.05, 0) is 49.6 Å². The second-order valence-corrected chi connectivity index (χ2v) is 5.73. The maximum atomic E-state index is 5.57. The summed E-state index contributed by atoms with van der Waals surface area (Å²) in [7, 11) is 0. The van der Waals surface area contributed by atoms with Crippen LogP contribution < -0.4 is 10.1 Å². The summed E-state index contributed by atoms with van der Waals surface area (Å²) in [5, 5.41) is 3.38. The number of benzene rings is 1. The van der Waals surface area contributed by atoms with Crippen LogP contribution in [0.2, 0.25) is 0 Å². The van der Waals surface area contributed by atoms with E-state index < -0.39 is 0 Å². The predicted molar refractivity (Wildman–Crippen MR) is 79.5 cm³/mol. The van der Waals surface area contributed by atoms with Crippen LogP contribution in [0.15, 0.2) is 33.7 Å². The van der Waals surface area contributed by atoms with Crippen LogP contribution in [0.5, 0.6) is 5.75 Å². The van der Waals surface area contributed by atoms with Crippen molar-refractivity contribution in [3.8, 4) is 5.75 Å². The van der Waals surface area contributed by atoms with E-state index in [4.69, 9.17) is 4.74 Å². The van der Waals surface area contributed by atoms with E-state index in [-0.39, 0.29) is 0 Å². The van der Waals surface area contributed by atoms with Crippen molar-refractivity contribution in [3.05, 3.63) is 39.3 Å². The van der Waals surface area contributed by atoms with Crippen molar-refractivity contribution in [1.29, 1.82) is 0 Å².